The molecular weight excluding hydrogens is 570 g/mol. The number of para-hydroxylation sites is 2. The lowest BCUT2D eigenvalue weighted by molar-refractivity contribution is -0.128. The van der Waals surface area contributed by atoms with E-state index in [4.69, 9.17) is 4.74 Å². The van der Waals surface area contributed by atoms with Crippen LogP contribution in [0.15, 0.2) is 72.8 Å². The molecule has 10 heteroatoms. The second-order valence-electron chi connectivity index (χ2n) is 12.8. The number of amides is 5. The number of fused-ring (bicyclic) bond motifs is 1. The zero-order chi connectivity index (χ0) is 32.8. The van der Waals surface area contributed by atoms with Crippen LogP contribution in [-0.4, -0.2) is 48.2 Å². The molecule has 3 aromatic rings. The maximum atomic E-state index is 14.0. The van der Waals surface area contributed by atoms with E-state index in [2.05, 4.69) is 21.3 Å². The Balaban J connectivity index is 1.50. The maximum Gasteiger partial charge on any atom is 0.408 e. The zero-order valence-corrected chi connectivity index (χ0v) is 26.8. The number of nitrogens with zero attached hydrogens (tertiary/aromatic N) is 1. The van der Waals surface area contributed by atoms with Gasteiger partial charge < -0.3 is 30.9 Å². The lowest BCUT2D eigenvalue weighted by atomic mass is 9.99. The Kier molecular flexibility index (Phi) is 10.2. The number of carbonyl (C=O) groups excluding carboxylic acids is 4. The van der Waals surface area contributed by atoms with Gasteiger partial charge in [0.25, 0.3) is 0 Å². The minimum absolute atomic E-state index is 0.0271. The third kappa shape index (κ3) is 9.07. The van der Waals surface area contributed by atoms with Gasteiger partial charge in [-0.2, -0.15) is 0 Å². The number of benzene rings is 3. The van der Waals surface area contributed by atoms with Gasteiger partial charge in [0.1, 0.15) is 11.6 Å². The summed E-state index contributed by atoms with van der Waals surface area (Å²) in [6, 6.07) is 22.2. The molecule has 0 radical (unpaired) electrons. The van der Waals surface area contributed by atoms with E-state index in [0.29, 0.717) is 25.1 Å². The van der Waals surface area contributed by atoms with E-state index in [1.165, 1.54) is 0 Å². The van der Waals surface area contributed by atoms with Crippen molar-refractivity contribution in [2.24, 2.45) is 0 Å². The number of anilines is 2. The first kappa shape index (κ1) is 33.0. The van der Waals surface area contributed by atoms with Gasteiger partial charge in [-0.15, -0.1) is 0 Å². The number of rotatable bonds is 8. The van der Waals surface area contributed by atoms with Crippen molar-refractivity contribution in [3.05, 3.63) is 83.9 Å². The fraction of sp³-hybridized carbons (Fsp3) is 0.371. The molecule has 10 nitrogen and oxygen atoms in total. The number of carbonyl (C=O) groups is 4. The maximum absolute atomic E-state index is 14.0. The number of urea groups is 1. The van der Waals surface area contributed by atoms with Crippen LogP contribution >= 0.6 is 0 Å². The van der Waals surface area contributed by atoms with Crippen LogP contribution in [0.2, 0.25) is 0 Å². The molecule has 1 atom stereocenters. The molecule has 5 amide bonds. The van der Waals surface area contributed by atoms with Gasteiger partial charge >= 0.3 is 12.1 Å². The first-order chi connectivity index (χ1) is 21.2. The van der Waals surface area contributed by atoms with Gasteiger partial charge in [0.05, 0.1) is 12.2 Å². The monoisotopic (exact) mass is 613 g/mol. The third-order valence-corrected chi connectivity index (χ3v) is 7.33. The number of alkyl carbamates (subject to hydrolysis) is 1. The second kappa shape index (κ2) is 13.8. The lowest BCUT2D eigenvalue weighted by Crippen LogP contribution is -2.52. The largest absolute Gasteiger partial charge is 0.444 e. The highest BCUT2D eigenvalue weighted by Gasteiger charge is 2.33. The summed E-state index contributed by atoms with van der Waals surface area (Å²) in [6.45, 7) is 9.11. The van der Waals surface area contributed by atoms with Gasteiger partial charge in [0.15, 0.2) is 0 Å². The van der Waals surface area contributed by atoms with E-state index in [0.717, 1.165) is 27.9 Å². The molecule has 0 saturated heterocycles. The van der Waals surface area contributed by atoms with E-state index in [1.807, 2.05) is 72.8 Å². The zero-order valence-electron chi connectivity index (χ0n) is 26.8. The van der Waals surface area contributed by atoms with Gasteiger partial charge in [0.2, 0.25) is 11.8 Å². The number of hydrogen-bond acceptors (Lipinski definition) is 5. The molecule has 4 N–H and O–H groups in total. The average molecular weight is 614 g/mol. The summed E-state index contributed by atoms with van der Waals surface area (Å²) in [5.41, 5.74) is 3.67. The van der Waals surface area contributed by atoms with Crippen molar-refractivity contribution in [3.63, 3.8) is 0 Å². The molecule has 238 valence electrons. The Morgan fingerprint density at radius 2 is 1.58 bits per heavy atom. The Morgan fingerprint density at radius 1 is 0.911 bits per heavy atom. The summed E-state index contributed by atoms with van der Waals surface area (Å²) in [5.74, 6) is -0.538. The molecule has 0 aromatic heterocycles. The molecular formula is C35H43N5O5. The molecule has 45 heavy (non-hydrogen) atoms. The molecule has 0 spiro atoms. The highest BCUT2D eigenvalue weighted by atomic mass is 16.6. The molecule has 1 aliphatic rings. The van der Waals surface area contributed by atoms with Crippen molar-refractivity contribution in [3.8, 4) is 11.1 Å². The van der Waals surface area contributed by atoms with Crippen LogP contribution in [0.25, 0.3) is 11.1 Å². The summed E-state index contributed by atoms with van der Waals surface area (Å²) in [7, 11) is 1.57. The Bertz CT molecular complexity index is 1540. The van der Waals surface area contributed by atoms with Crippen molar-refractivity contribution in [2.75, 3.05) is 17.3 Å². The number of ether oxygens (including phenoxy) is 1. The smallest absolute Gasteiger partial charge is 0.408 e. The van der Waals surface area contributed by atoms with Gasteiger partial charge in [-0.1, -0.05) is 60.7 Å². The summed E-state index contributed by atoms with van der Waals surface area (Å²) in [4.78, 5) is 53.1. The molecule has 4 rings (SSSR count). The van der Waals surface area contributed by atoms with Gasteiger partial charge in [-0.3, -0.25) is 9.59 Å². The number of aryl methyl sites for hydroxylation is 1. The first-order valence-electron chi connectivity index (χ1n) is 15.1. The van der Waals surface area contributed by atoms with Crippen LogP contribution in [0.1, 0.15) is 58.6 Å². The molecule has 3 aromatic carbocycles. The lowest BCUT2D eigenvalue weighted by Gasteiger charge is -2.29. The summed E-state index contributed by atoms with van der Waals surface area (Å²) in [6.07, 6.45) is 0.439. The Labute approximate surface area is 264 Å². The average Bonchev–Trinajstić information content (AvgIpc) is 3.08. The SMILES string of the molecule is CNC(=O)Nc1ccccc1-c1ccc(CN2C(=O)[C@H](NC(=O)CC(C)(C)NC(=O)OC(C)(C)C)CCc3ccccc32)cc1. The molecule has 1 aliphatic heterocycles. The van der Waals surface area contributed by atoms with Crippen molar-refractivity contribution in [2.45, 2.75) is 77.6 Å². The molecule has 0 aliphatic carbocycles. The molecule has 0 bridgehead atoms. The normalized spacial score (nSPS) is 14.9. The van der Waals surface area contributed by atoms with E-state index in [9.17, 15) is 19.2 Å². The molecule has 1 heterocycles. The fourth-order valence-electron chi connectivity index (χ4n) is 5.28. The minimum atomic E-state index is -0.890. The standard InChI is InChI=1S/C35H43N5O5/c1-34(2,3)45-33(44)39-35(4,5)21-30(41)37-28-20-19-25-11-7-10-14-29(25)40(31(28)42)22-23-15-17-24(18-16-23)26-12-8-9-13-27(26)38-32(43)36-6/h7-18,28H,19-22H2,1-6H3,(H,37,41)(H,39,44)(H2,36,38,43)/t28-/m1/s1. The summed E-state index contributed by atoms with van der Waals surface area (Å²) < 4.78 is 5.34. The van der Waals surface area contributed by atoms with Crippen LogP contribution in [-0.2, 0) is 27.3 Å². The van der Waals surface area contributed by atoms with Crippen molar-refractivity contribution in [1.82, 2.24) is 16.0 Å². The van der Waals surface area contributed by atoms with E-state index >= 15 is 0 Å². The van der Waals surface area contributed by atoms with E-state index in [-0.39, 0.29) is 24.3 Å². The van der Waals surface area contributed by atoms with Crippen LogP contribution < -0.4 is 26.2 Å². The predicted molar refractivity (Wildman–Crippen MR) is 176 cm³/mol. The highest BCUT2D eigenvalue weighted by molar-refractivity contribution is 6.00. The number of nitrogens with one attached hydrogen (secondary N) is 4. The molecule has 0 saturated carbocycles. The van der Waals surface area contributed by atoms with Gasteiger partial charge in [-0.05, 0) is 76.3 Å². The van der Waals surface area contributed by atoms with Crippen molar-refractivity contribution < 1.29 is 23.9 Å². The van der Waals surface area contributed by atoms with Crippen molar-refractivity contribution in [1.29, 1.82) is 0 Å². The summed E-state index contributed by atoms with van der Waals surface area (Å²) >= 11 is 0. The summed E-state index contributed by atoms with van der Waals surface area (Å²) in [5, 5.41) is 11.1. The quantitative estimate of drug-likeness (QED) is 0.257. The van der Waals surface area contributed by atoms with Crippen LogP contribution in [0.5, 0.6) is 0 Å². The first-order valence-corrected chi connectivity index (χ1v) is 15.1. The Morgan fingerprint density at radius 3 is 2.27 bits per heavy atom. The fourth-order valence-corrected chi connectivity index (χ4v) is 5.28. The van der Waals surface area contributed by atoms with Crippen molar-refractivity contribution >= 4 is 35.3 Å². The second-order valence-corrected chi connectivity index (χ2v) is 12.8. The van der Waals surface area contributed by atoms with Crippen LogP contribution in [0.3, 0.4) is 0 Å². The van der Waals surface area contributed by atoms with E-state index in [1.54, 1.807) is 46.6 Å². The Hall–Kier alpha value is -4.86. The number of hydrogen-bond donors (Lipinski definition) is 4. The molecule has 0 fully saturated rings. The van der Waals surface area contributed by atoms with Crippen LogP contribution in [0.4, 0.5) is 21.0 Å². The highest BCUT2D eigenvalue weighted by Crippen LogP contribution is 2.31. The van der Waals surface area contributed by atoms with E-state index < -0.39 is 23.3 Å². The predicted octanol–water partition coefficient (Wildman–Crippen LogP) is 5.76. The third-order valence-electron chi connectivity index (χ3n) is 7.33. The van der Waals surface area contributed by atoms with Gasteiger partial charge in [-0.25, -0.2) is 9.59 Å². The minimum Gasteiger partial charge on any atom is -0.444 e. The topological polar surface area (TPSA) is 129 Å². The van der Waals surface area contributed by atoms with Gasteiger partial charge in [0, 0.05) is 30.3 Å². The molecule has 0 unspecified atom stereocenters. The van der Waals surface area contributed by atoms with Crippen LogP contribution in [0, 0.1) is 0 Å².